The number of hydrogen-bond acceptors (Lipinski definition) is 3. The summed E-state index contributed by atoms with van der Waals surface area (Å²) in [6.07, 6.45) is 2.13. The van der Waals surface area contributed by atoms with Crippen molar-refractivity contribution in [2.45, 2.75) is 18.8 Å². The van der Waals surface area contributed by atoms with Crippen molar-refractivity contribution in [3.05, 3.63) is 29.1 Å². The first-order chi connectivity index (χ1) is 8.56. The van der Waals surface area contributed by atoms with Crippen LogP contribution in [0, 0.1) is 0 Å². The summed E-state index contributed by atoms with van der Waals surface area (Å²) in [4.78, 5) is 29.4. The zero-order chi connectivity index (χ0) is 12.9. The standard InChI is InChI=1S/C12H10N2O4/c15-11(16)6-3-8-9(4-7(6)12(17)18)14-10(13-8)5-1-2-5/h3-5H,1-2H2,(H,13,14)(H,15,16)(H,17,18). The highest BCUT2D eigenvalue weighted by atomic mass is 16.4. The Morgan fingerprint density at radius 3 is 2.33 bits per heavy atom. The van der Waals surface area contributed by atoms with Crippen LogP contribution in [0.3, 0.4) is 0 Å². The van der Waals surface area contributed by atoms with Gasteiger partial charge in [-0.05, 0) is 25.0 Å². The molecule has 0 unspecified atom stereocenters. The van der Waals surface area contributed by atoms with Gasteiger partial charge in [0, 0.05) is 5.92 Å². The smallest absolute Gasteiger partial charge is 0.336 e. The number of nitrogens with one attached hydrogen (secondary N) is 1. The Labute approximate surface area is 101 Å². The van der Waals surface area contributed by atoms with E-state index in [2.05, 4.69) is 9.97 Å². The highest BCUT2D eigenvalue weighted by Gasteiger charge is 2.27. The number of hydrogen-bond donors (Lipinski definition) is 3. The van der Waals surface area contributed by atoms with Gasteiger partial charge in [-0.15, -0.1) is 0 Å². The normalized spacial score (nSPS) is 14.9. The monoisotopic (exact) mass is 246 g/mol. The zero-order valence-corrected chi connectivity index (χ0v) is 9.30. The van der Waals surface area contributed by atoms with Gasteiger partial charge >= 0.3 is 11.9 Å². The van der Waals surface area contributed by atoms with Crippen LogP contribution in [-0.2, 0) is 0 Å². The predicted octanol–water partition coefficient (Wildman–Crippen LogP) is 1.84. The molecule has 0 saturated heterocycles. The van der Waals surface area contributed by atoms with Gasteiger partial charge < -0.3 is 15.2 Å². The molecule has 92 valence electrons. The first-order valence-corrected chi connectivity index (χ1v) is 5.56. The number of aromatic nitrogens is 2. The van der Waals surface area contributed by atoms with E-state index in [1.165, 1.54) is 12.1 Å². The molecular formula is C12H10N2O4. The summed E-state index contributed by atoms with van der Waals surface area (Å²) in [5.41, 5.74) is 0.614. The third-order valence-corrected chi connectivity index (χ3v) is 3.06. The summed E-state index contributed by atoms with van der Waals surface area (Å²) in [6, 6.07) is 2.64. The highest BCUT2D eigenvalue weighted by molar-refractivity contribution is 6.05. The van der Waals surface area contributed by atoms with Crippen molar-refractivity contribution in [2.24, 2.45) is 0 Å². The quantitative estimate of drug-likeness (QED) is 0.766. The maximum atomic E-state index is 11.0. The second-order valence-corrected chi connectivity index (χ2v) is 4.42. The van der Waals surface area contributed by atoms with Crippen molar-refractivity contribution in [1.29, 1.82) is 0 Å². The van der Waals surface area contributed by atoms with Crippen LogP contribution in [0.1, 0.15) is 45.3 Å². The third kappa shape index (κ3) is 1.62. The Balaban J connectivity index is 2.22. The van der Waals surface area contributed by atoms with Gasteiger partial charge in [0.1, 0.15) is 5.82 Å². The number of rotatable bonds is 3. The van der Waals surface area contributed by atoms with Gasteiger partial charge in [-0.1, -0.05) is 0 Å². The minimum absolute atomic E-state index is 0.221. The van der Waals surface area contributed by atoms with E-state index in [9.17, 15) is 9.59 Å². The van der Waals surface area contributed by atoms with Crippen molar-refractivity contribution in [1.82, 2.24) is 9.97 Å². The Hall–Kier alpha value is -2.37. The zero-order valence-electron chi connectivity index (χ0n) is 9.30. The number of carboxylic acids is 2. The Kier molecular flexibility index (Phi) is 2.13. The molecule has 2 aromatic rings. The molecule has 0 amide bonds. The average molecular weight is 246 g/mol. The summed E-state index contributed by atoms with van der Waals surface area (Å²) < 4.78 is 0. The van der Waals surface area contributed by atoms with Gasteiger partial charge in [-0.25, -0.2) is 14.6 Å². The van der Waals surface area contributed by atoms with Gasteiger partial charge in [0.15, 0.2) is 0 Å². The minimum Gasteiger partial charge on any atom is -0.478 e. The number of fused-ring (bicyclic) bond motifs is 1. The molecular weight excluding hydrogens is 236 g/mol. The first-order valence-electron chi connectivity index (χ1n) is 5.56. The van der Waals surface area contributed by atoms with Gasteiger partial charge in [0.05, 0.1) is 22.2 Å². The number of carbonyl (C=O) groups is 2. The number of nitrogens with zero attached hydrogens (tertiary/aromatic N) is 1. The molecule has 0 radical (unpaired) electrons. The summed E-state index contributed by atoms with van der Waals surface area (Å²) in [5.74, 6) is -1.30. The van der Waals surface area contributed by atoms with Crippen LogP contribution in [0.4, 0.5) is 0 Å². The van der Waals surface area contributed by atoms with Crippen LogP contribution in [0.25, 0.3) is 11.0 Å². The fourth-order valence-electron chi connectivity index (χ4n) is 1.98. The van der Waals surface area contributed by atoms with E-state index in [1.807, 2.05) is 0 Å². The van der Waals surface area contributed by atoms with Gasteiger partial charge in [-0.3, -0.25) is 0 Å². The van der Waals surface area contributed by atoms with E-state index < -0.39 is 11.9 Å². The topological polar surface area (TPSA) is 103 Å². The van der Waals surface area contributed by atoms with Gasteiger partial charge in [-0.2, -0.15) is 0 Å². The number of carboxylic acid groups (broad SMARTS) is 2. The van der Waals surface area contributed by atoms with Crippen LogP contribution in [-0.4, -0.2) is 32.1 Å². The second kappa shape index (κ2) is 3.56. The first kappa shape index (κ1) is 10.8. The number of aromatic amines is 1. The van der Waals surface area contributed by atoms with E-state index in [4.69, 9.17) is 10.2 Å². The van der Waals surface area contributed by atoms with E-state index in [1.54, 1.807) is 0 Å². The summed E-state index contributed by atoms with van der Waals surface area (Å²) in [6.45, 7) is 0. The van der Waals surface area contributed by atoms with Crippen molar-refractivity contribution in [3.63, 3.8) is 0 Å². The predicted molar refractivity (Wildman–Crippen MR) is 62.0 cm³/mol. The van der Waals surface area contributed by atoms with Crippen LogP contribution >= 0.6 is 0 Å². The largest absolute Gasteiger partial charge is 0.478 e. The Morgan fingerprint density at radius 2 is 1.78 bits per heavy atom. The maximum Gasteiger partial charge on any atom is 0.336 e. The second-order valence-electron chi connectivity index (χ2n) is 4.42. The molecule has 6 heteroatoms. The molecule has 1 aliphatic carbocycles. The summed E-state index contributed by atoms with van der Waals surface area (Å²) >= 11 is 0. The lowest BCUT2D eigenvalue weighted by Crippen LogP contribution is -2.07. The molecule has 18 heavy (non-hydrogen) atoms. The fourth-order valence-corrected chi connectivity index (χ4v) is 1.98. The minimum atomic E-state index is -1.26. The van der Waals surface area contributed by atoms with Gasteiger partial charge in [0.2, 0.25) is 0 Å². The van der Waals surface area contributed by atoms with Crippen LogP contribution in [0.2, 0.25) is 0 Å². The molecule has 1 saturated carbocycles. The molecule has 0 aliphatic heterocycles. The highest BCUT2D eigenvalue weighted by Crippen LogP contribution is 2.39. The van der Waals surface area contributed by atoms with Gasteiger partial charge in [0.25, 0.3) is 0 Å². The molecule has 1 aromatic heterocycles. The Bertz CT molecular complexity index is 619. The van der Waals surface area contributed by atoms with Crippen molar-refractivity contribution < 1.29 is 19.8 Å². The summed E-state index contributed by atoms with van der Waals surface area (Å²) in [7, 11) is 0. The molecule has 1 heterocycles. The van der Waals surface area contributed by atoms with E-state index in [0.717, 1.165) is 18.7 Å². The summed E-state index contributed by atoms with van der Waals surface area (Å²) in [5, 5.41) is 18.0. The molecule has 3 N–H and O–H groups in total. The maximum absolute atomic E-state index is 11.0. The number of H-pyrrole nitrogens is 1. The fraction of sp³-hybridized carbons (Fsp3) is 0.250. The van der Waals surface area contributed by atoms with Crippen LogP contribution in [0.5, 0.6) is 0 Å². The van der Waals surface area contributed by atoms with Crippen molar-refractivity contribution >= 4 is 23.0 Å². The Morgan fingerprint density at radius 1 is 1.17 bits per heavy atom. The lowest BCUT2D eigenvalue weighted by Gasteiger charge is -2.00. The lowest BCUT2D eigenvalue weighted by atomic mass is 10.1. The third-order valence-electron chi connectivity index (χ3n) is 3.06. The molecule has 0 spiro atoms. The number of benzene rings is 1. The molecule has 0 atom stereocenters. The van der Waals surface area contributed by atoms with E-state index in [0.29, 0.717) is 17.0 Å². The van der Waals surface area contributed by atoms with E-state index in [-0.39, 0.29) is 11.1 Å². The van der Waals surface area contributed by atoms with Crippen molar-refractivity contribution in [3.8, 4) is 0 Å². The SMILES string of the molecule is O=C(O)c1cc2nc(C3CC3)[nH]c2cc1C(=O)O. The molecule has 1 aliphatic rings. The van der Waals surface area contributed by atoms with Crippen LogP contribution in [0.15, 0.2) is 12.1 Å². The molecule has 1 fully saturated rings. The number of imidazole rings is 1. The van der Waals surface area contributed by atoms with Crippen molar-refractivity contribution in [2.75, 3.05) is 0 Å². The molecule has 1 aromatic carbocycles. The number of aromatic carboxylic acids is 2. The molecule has 0 bridgehead atoms. The van der Waals surface area contributed by atoms with Crippen LogP contribution < -0.4 is 0 Å². The van der Waals surface area contributed by atoms with E-state index >= 15 is 0 Å². The molecule has 6 nitrogen and oxygen atoms in total. The average Bonchev–Trinajstić information content (AvgIpc) is 3.07. The molecule has 3 rings (SSSR count). The lowest BCUT2D eigenvalue weighted by molar-refractivity contribution is 0.0652.